The molecule has 7 heteroatoms. The molecule has 0 aliphatic carbocycles. The zero-order valence-corrected chi connectivity index (χ0v) is 11.7. The van der Waals surface area contributed by atoms with E-state index >= 15 is 0 Å². The van der Waals surface area contributed by atoms with E-state index in [2.05, 4.69) is 5.32 Å². The SMILES string of the molecule is CC(CN(C)C)Nc1cc(S(N)(=O)=O)ccc1N. The molecule has 0 fully saturated rings. The Bertz CT molecular complexity index is 514. The number of benzene rings is 1. The highest BCUT2D eigenvalue weighted by Gasteiger charge is 2.12. The van der Waals surface area contributed by atoms with Crippen molar-refractivity contribution in [1.82, 2.24) is 4.90 Å². The maximum absolute atomic E-state index is 11.3. The molecule has 0 heterocycles. The fourth-order valence-corrected chi connectivity index (χ4v) is 2.24. The molecule has 1 aromatic rings. The highest BCUT2D eigenvalue weighted by atomic mass is 32.2. The van der Waals surface area contributed by atoms with Gasteiger partial charge in [-0.25, -0.2) is 13.6 Å². The molecule has 1 atom stereocenters. The Kier molecular flexibility index (Phi) is 4.55. The molecule has 0 aliphatic heterocycles. The molecule has 1 rings (SSSR count). The van der Waals surface area contributed by atoms with Crippen molar-refractivity contribution in [1.29, 1.82) is 0 Å². The highest BCUT2D eigenvalue weighted by Crippen LogP contribution is 2.22. The number of hydrogen-bond donors (Lipinski definition) is 3. The molecule has 0 saturated carbocycles. The maximum Gasteiger partial charge on any atom is 0.238 e. The van der Waals surface area contributed by atoms with Crippen LogP contribution >= 0.6 is 0 Å². The van der Waals surface area contributed by atoms with Crippen LogP contribution in [-0.2, 0) is 10.0 Å². The van der Waals surface area contributed by atoms with Crippen LogP contribution < -0.4 is 16.2 Å². The molecule has 1 aromatic carbocycles. The van der Waals surface area contributed by atoms with Crippen molar-refractivity contribution in [2.45, 2.75) is 17.9 Å². The first kappa shape index (κ1) is 14.7. The molecule has 6 nitrogen and oxygen atoms in total. The van der Waals surface area contributed by atoms with Gasteiger partial charge in [0.2, 0.25) is 10.0 Å². The van der Waals surface area contributed by atoms with Crippen LogP contribution in [-0.4, -0.2) is 40.0 Å². The molecule has 18 heavy (non-hydrogen) atoms. The molecule has 0 bridgehead atoms. The van der Waals surface area contributed by atoms with E-state index in [-0.39, 0.29) is 10.9 Å². The number of anilines is 2. The number of sulfonamides is 1. The number of nitrogen functional groups attached to an aromatic ring is 1. The van der Waals surface area contributed by atoms with Crippen LogP contribution in [0.5, 0.6) is 0 Å². The lowest BCUT2D eigenvalue weighted by atomic mass is 10.2. The van der Waals surface area contributed by atoms with Gasteiger partial charge in [0.15, 0.2) is 0 Å². The fraction of sp³-hybridized carbons (Fsp3) is 0.455. The van der Waals surface area contributed by atoms with Crippen LogP contribution in [0.1, 0.15) is 6.92 Å². The molecule has 0 aromatic heterocycles. The number of nitrogens with zero attached hydrogens (tertiary/aromatic N) is 1. The van der Waals surface area contributed by atoms with Gasteiger partial charge in [-0.1, -0.05) is 0 Å². The summed E-state index contributed by atoms with van der Waals surface area (Å²) in [5, 5.41) is 8.25. The first-order chi connectivity index (χ1) is 8.20. The molecule has 0 spiro atoms. The Morgan fingerprint density at radius 1 is 1.39 bits per heavy atom. The van der Waals surface area contributed by atoms with Gasteiger partial charge in [-0.15, -0.1) is 0 Å². The molecular weight excluding hydrogens is 252 g/mol. The molecule has 0 aliphatic rings. The first-order valence-electron chi connectivity index (χ1n) is 5.53. The lowest BCUT2D eigenvalue weighted by Crippen LogP contribution is -2.30. The second kappa shape index (κ2) is 5.55. The van der Waals surface area contributed by atoms with E-state index in [4.69, 9.17) is 10.9 Å². The summed E-state index contributed by atoms with van der Waals surface area (Å²) in [6.07, 6.45) is 0. The van der Waals surface area contributed by atoms with Crippen molar-refractivity contribution in [3.8, 4) is 0 Å². The lowest BCUT2D eigenvalue weighted by Gasteiger charge is -2.20. The molecule has 5 N–H and O–H groups in total. The van der Waals surface area contributed by atoms with Crippen molar-refractivity contribution in [2.75, 3.05) is 31.7 Å². The van der Waals surface area contributed by atoms with E-state index < -0.39 is 10.0 Å². The van der Waals surface area contributed by atoms with Crippen LogP contribution in [0.25, 0.3) is 0 Å². The van der Waals surface area contributed by atoms with Crippen molar-refractivity contribution in [2.24, 2.45) is 5.14 Å². The third kappa shape index (κ3) is 4.17. The minimum Gasteiger partial charge on any atom is -0.397 e. The van der Waals surface area contributed by atoms with Crippen LogP contribution in [0.2, 0.25) is 0 Å². The molecule has 0 saturated heterocycles. The minimum absolute atomic E-state index is 0.0521. The Balaban J connectivity index is 2.95. The zero-order valence-electron chi connectivity index (χ0n) is 10.8. The van der Waals surface area contributed by atoms with E-state index in [1.165, 1.54) is 18.2 Å². The van der Waals surface area contributed by atoms with E-state index in [0.717, 1.165) is 6.54 Å². The number of rotatable bonds is 5. The third-order valence-corrected chi connectivity index (χ3v) is 3.31. The predicted octanol–water partition coefficient (Wildman–Crippen LogP) is 0.278. The van der Waals surface area contributed by atoms with Gasteiger partial charge in [0, 0.05) is 12.6 Å². The van der Waals surface area contributed by atoms with Gasteiger partial charge in [-0.2, -0.15) is 0 Å². The van der Waals surface area contributed by atoms with Gasteiger partial charge < -0.3 is 16.0 Å². The van der Waals surface area contributed by atoms with Gasteiger partial charge in [0.05, 0.1) is 16.3 Å². The quantitative estimate of drug-likeness (QED) is 0.668. The Morgan fingerprint density at radius 3 is 2.50 bits per heavy atom. The summed E-state index contributed by atoms with van der Waals surface area (Å²) >= 11 is 0. The largest absolute Gasteiger partial charge is 0.397 e. The number of primary sulfonamides is 1. The van der Waals surface area contributed by atoms with Crippen LogP contribution in [0.4, 0.5) is 11.4 Å². The topological polar surface area (TPSA) is 101 Å². The maximum atomic E-state index is 11.3. The van der Waals surface area contributed by atoms with Gasteiger partial charge in [0.25, 0.3) is 0 Å². The van der Waals surface area contributed by atoms with Crippen LogP contribution in [0.15, 0.2) is 23.1 Å². The fourth-order valence-electron chi connectivity index (χ4n) is 1.70. The average molecular weight is 272 g/mol. The van der Waals surface area contributed by atoms with Gasteiger partial charge >= 0.3 is 0 Å². The average Bonchev–Trinajstić information content (AvgIpc) is 2.18. The smallest absolute Gasteiger partial charge is 0.238 e. The zero-order chi connectivity index (χ0) is 13.9. The monoisotopic (exact) mass is 272 g/mol. The summed E-state index contributed by atoms with van der Waals surface area (Å²) < 4.78 is 22.5. The van der Waals surface area contributed by atoms with Gasteiger partial charge in [-0.3, -0.25) is 0 Å². The number of nitrogens with one attached hydrogen (secondary N) is 1. The standard InChI is InChI=1S/C11H20N4O2S/c1-8(7-15(2)3)14-11-6-9(18(13,16)17)4-5-10(11)12/h4-6,8,14H,7,12H2,1-3H3,(H2,13,16,17). The molecule has 1 unspecified atom stereocenters. The van der Waals surface area contributed by atoms with Crippen molar-refractivity contribution in [3.05, 3.63) is 18.2 Å². The Labute approximate surface area is 108 Å². The first-order valence-corrected chi connectivity index (χ1v) is 7.08. The minimum atomic E-state index is -3.71. The molecular formula is C11H20N4O2S. The van der Waals surface area contributed by atoms with Gasteiger partial charge in [-0.05, 0) is 39.2 Å². The molecule has 0 radical (unpaired) electrons. The summed E-state index contributed by atoms with van der Waals surface area (Å²) in [5.74, 6) is 0. The predicted molar refractivity (Wildman–Crippen MR) is 73.9 cm³/mol. The lowest BCUT2D eigenvalue weighted by molar-refractivity contribution is 0.392. The molecule has 102 valence electrons. The summed E-state index contributed by atoms with van der Waals surface area (Å²) in [6, 6.07) is 4.52. The highest BCUT2D eigenvalue weighted by molar-refractivity contribution is 7.89. The van der Waals surface area contributed by atoms with Crippen molar-refractivity contribution in [3.63, 3.8) is 0 Å². The van der Waals surface area contributed by atoms with E-state index in [1.807, 2.05) is 25.9 Å². The Hall–Kier alpha value is -1.31. The number of nitrogens with two attached hydrogens (primary N) is 2. The second-order valence-electron chi connectivity index (χ2n) is 4.60. The summed E-state index contributed by atoms with van der Waals surface area (Å²) in [4.78, 5) is 2.08. The third-order valence-electron chi connectivity index (χ3n) is 2.39. The second-order valence-corrected chi connectivity index (χ2v) is 6.16. The van der Waals surface area contributed by atoms with E-state index in [0.29, 0.717) is 11.4 Å². The number of likely N-dealkylation sites (N-methyl/N-ethyl adjacent to an activating group) is 1. The summed E-state index contributed by atoms with van der Waals surface area (Å²) in [6.45, 7) is 2.79. The van der Waals surface area contributed by atoms with E-state index in [9.17, 15) is 8.42 Å². The van der Waals surface area contributed by atoms with Gasteiger partial charge in [0.1, 0.15) is 0 Å². The van der Waals surface area contributed by atoms with Crippen molar-refractivity contribution >= 4 is 21.4 Å². The molecule has 0 amide bonds. The van der Waals surface area contributed by atoms with E-state index in [1.54, 1.807) is 0 Å². The van der Waals surface area contributed by atoms with Crippen molar-refractivity contribution < 1.29 is 8.42 Å². The summed E-state index contributed by atoms with van der Waals surface area (Å²) in [7, 11) is 0.214. The van der Waals surface area contributed by atoms with Crippen LogP contribution in [0, 0.1) is 0 Å². The number of hydrogen-bond acceptors (Lipinski definition) is 5. The summed E-state index contributed by atoms with van der Waals surface area (Å²) in [5.41, 5.74) is 6.87. The Morgan fingerprint density at radius 2 is 2.00 bits per heavy atom. The van der Waals surface area contributed by atoms with Crippen LogP contribution in [0.3, 0.4) is 0 Å². The normalized spacial score (nSPS) is 13.6.